The zero-order valence-electron chi connectivity index (χ0n) is 25.2. The number of hydrogen-bond donors (Lipinski definition) is 0. The van der Waals surface area contributed by atoms with E-state index < -0.39 is 0 Å². The molecule has 6 rings (SSSR count). The number of ether oxygens (including phenoxy) is 1. The molecule has 5 aromatic rings. The third-order valence-electron chi connectivity index (χ3n) is 7.39. The highest BCUT2D eigenvalue weighted by molar-refractivity contribution is 8.15. The SMILES string of the molecule is O=C1SC(CCCCc2ccc(OCc3coc(/C=C/c4ccccc4)n3)cc2)C(=O)N1Cc1coc(/C=C/c2ccccc2)n1. The number of unbranched alkanes of at least 4 members (excludes halogenated alkanes) is 1. The number of benzene rings is 3. The number of aryl methyl sites for hydroxylation is 1. The van der Waals surface area contributed by atoms with Crippen LogP contribution in [0, 0.1) is 0 Å². The minimum atomic E-state index is -0.363. The number of imide groups is 1. The maximum absolute atomic E-state index is 13.0. The summed E-state index contributed by atoms with van der Waals surface area (Å²) < 4.78 is 16.9. The molecular weight excluding hydrogens is 598 g/mol. The molecule has 0 bridgehead atoms. The summed E-state index contributed by atoms with van der Waals surface area (Å²) in [5.74, 6) is 1.56. The molecule has 46 heavy (non-hydrogen) atoms. The van der Waals surface area contributed by atoms with Gasteiger partial charge in [-0.1, -0.05) is 91.0 Å². The van der Waals surface area contributed by atoms with Crippen LogP contribution in [0.3, 0.4) is 0 Å². The van der Waals surface area contributed by atoms with E-state index in [2.05, 4.69) is 9.97 Å². The van der Waals surface area contributed by atoms with Crippen molar-refractivity contribution in [3.05, 3.63) is 137 Å². The van der Waals surface area contributed by atoms with Crippen LogP contribution in [0.15, 0.2) is 106 Å². The highest BCUT2D eigenvalue weighted by Gasteiger charge is 2.39. The average molecular weight is 632 g/mol. The summed E-state index contributed by atoms with van der Waals surface area (Å²) in [6.45, 7) is 0.426. The van der Waals surface area contributed by atoms with Crippen LogP contribution in [0.1, 0.15) is 59.1 Å². The zero-order chi connectivity index (χ0) is 31.6. The van der Waals surface area contributed by atoms with Crippen LogP contribution >= 0.6 is 11.8 Å². The molecule has 232 valence electrons. The molecule has 1 fully saturated rings. The third-order valence-corrected chi connectivity index (χ3v) is 8.54. The van der Waals surface area contributed by atoms with Gasteiger partial charge in [0.15, 0.2) is 0 Å². The van der Waals surface area contributed by atoms with Crippen molar-refractivity contribution in [1.82, 2.24) is 14.9 Å². The lowest BCUT2D eigenvalue weighted by molar-refractivity contribution is -0.127. The van der Waals surface area contributed by atoms with E-state index in [9.17, 15) is 9.59 Å². The number of nitrogens with zero attached hydrogens (tertiary/aromatic N) is 3. The largest absolute Gasteiger partial charge is 0.487 e. The molecule has 0 spiro atoms. The number of thioether (sulfide) groups is 1. The van der Waals surface area contributed by atoms with Gasteiger partial charge in [0.25, 0.3) is 5.24 Å². The molecule has 0 N–H and O–H groups in total. The van der Waals surface area contributed by atoms with Crippen molar-refractivity contribution in [3.8, 4) is 5.75 Å². The van der Waals surface area contributed by atoms with E-state index >= 15 is 0 Å². The Bertz CT molecular complexity index is 1800. The van der Waals surface area contributed by atoms with Gasteiger partial charge in [-0.25, -0.2) is 9.97 Å². The lowest BCUT2D eigenvalue weighted by Crippen LogP contribution is -2.31. The van der Waals surface area contributed by atoms with Crippen LogP contribution < -0.4 is 4.74 Å². The molecule has 3 heterocycles. The fourth-order valence-electron chi connectivity index (χ4n) is 4.96. The Labute approximate surface area is 271 Å². The summed E-state index contributed by atoms with van der Waals surface area (Å²) in [5.41, 5.74) is 4.56. The quantitative estimate of drug-likeness (QED) is 0.112. The van der Waals surface area contributed by atoms with Crippen molar-refractivity contribution in [1.29, 1.82) is 0 Å². The molecule has 1 aliphatic heterocycles. The Morgan fingerprint density at radius 2 is 1.35 bits per heavy atom. The minimum absolute atomic E-state index is 0.112. The van der Waals surface area contributed by atoms with Gasteiger partial charge in [-0.15, -0.1) is 0 Å². The summed E-state index contributed by atoms with van der Waals surface area (Å²) in [7, 11) is 0. The fraction of sp³-hybridized carbons (Fsp3) is 0.189. The first-order valence-corrected chi connectivity index (χ1v) is 16.1. The number of carbonyl (C=O) groups is 2. The van der Waals surface area contributed by atoms with Crippen LogP contribution in [0.4, 0.5) is 4.79 Å². The van der Waals surface area contributed by atoms with Gasteiger partial charge >= 0.3 is 0 Å². The maximum Gasteiger partial charge on any atom is 0.289 e. The highest BCUT2D eigenvalue weighted by Crippen LogP contribution is 2.32. The first kappa shape index (κ1) is 30.9. The van der Waals surface area contributed by atoms with E-state index in [1.807, 2.05) is 103 Å². The maximum atomic E-state index is 13.0. The summed E-state index contributed by atoms with van der Waals surface area (Å²) in [6.07, 6.45) is 13.8. The number of carbonyl (C=O) groups excluding carboxylic acids is 2. The number of hydrogen-bond acceptors (Lipinski definition) is 8. The minimum Gasteiger partial charge on any atom is -0.487 e. The Kier molecular flexibility index (Phi) is 10.2. The molecule has 1 atom stereocenters. The standard InChI is InChI=1S/C37H33N3O5S/c41-36-33(46-37(42)40(36)23-30-24-44-34(38-30)21-17-27-9-3-1-4-10-27)14-8-7-13-29-15-19-32(20-16-29)43-25-31-26-45-35(39-31)22-18-28-11-5-2-6-12-28/h1-6,9-12,15-22,24,26,33H,7-8,13-14,23,25H2/b21-17+,22-18+. The Morgan fingerprint density at radius 1 is 0.739 bits per heavy atom. The Hall–Kier alpha value is -5.15. The Balaban J connectivity index is 0.900. The molecule has 9 heteroatoms. The molecule has 2 amide bonds. The molecule has 3 aromatic carbocycles. The van der Waals surface area contributed by atoms with Gasteiger partial charge in [0.2, 0.25) is 17.7 Å². The predicted molar refractivity (Wildman–Crippen MR) is 179 cm³/mol. The third kappa shape index (κ3) is 8.51. The van der Waals surface area contributed by atoms with Gasteiger partial charge < -0.3 is 13.6 Å². The molecule has 1 unspecified atom stereocenters. The van der Waals surface area contributed by atoms with E-state index in [1.54, 1.807) is 12.3 Å². The van der Waals surface area contributed by atoms with Gasteiger partial charge in [-0.2, -0.15) is 0 Å². The molecule has 8 nitrogen and oxygen atoms in total. The summed E-state index contributed by atoms with van der Waals surface area (Å²) in [4.78, 5) is 35.7. The van der Waals surface area contributed by atoms with Gasteiger partial charge in [0.1, 0.15) is 30.6 Å². The van der Waals surface area contributed by atoms with Crippen molar-refractivity contribution >= 4 is 47.2 Å². The van der Waals surface area contributed by atoms with Gasteiger partial charge in [0, 0.05) is 12.2 Å². The van der Waals surface area contributed by atoms with Crippen molar-refractivity contribution in [2.75, 3.05) is 0 Å². The molecular formula is C37H33N3O5S. The second-order valence-corrected chi connectivity index (χ2v) is 12.0. The van der Waals surface area contributed by atoms with Crippen molar-refractivity contribution in [2.24, 2.45) is 0 Å². The lowest BCUT2D eigenvalue weighted by Gasteiger charge is -2.12. The second kappa shape index (κ2) is 15.2. The topological polar surface area (TPSA) is 98.7 Å². The monoisotopic (exact) mass is 631 g/mol. The summed E-state index contributed by atoms with van der Waals surface area (Å²) in [5, 5.41) is -0.598. The molecule has 0 aliphatic carbocycles. The van der Waals surface area contributed by atoms with E-state index in [4.69, 9.17) is 13.6 Å². The van der Waals surface area contributed by atoms with Crippen LogP contribution in [0.2, 0.25) is 0 Å². The van der Waals surface area contributed by atoms with Crippen molar-refractivity contribution < 1.29 is 23.2 Å². The molecule has 1 saturated heterocycles. The predicted octanol–water partition coefficient (Wildman–Crippen LogP) is 8.56. The number of rotatable bonds is 14. The van der Waals surface area contributed by atoms with Crippen LogP contribution in [-0.2, 0) is 24.4 Å². The van der Waals surface area contributed by atoms with E-state index in [-0.39, 0.29) is 22.9 Å². The van der Waals surface area contributed by atoms with Crippen LogP contribution in [0.5, 0.6) is 5.75 Å². The van der Waals surface area contributed by atoms with Crippen LogP contribution in [0.25, 0.3) is 24.3 Å². The molecule has 0 saturated carbocycles. The normalized spacial score (nSPS) is 15.0. The molecule has 1 aliphatic rings. The van der Waals surface area contributed by atoms with Gasteiger partial charge in [-0.05, 0) is 60.2 Å². The van der Waals surface area contributed by atoms with Gasteiger partial charge in [0.05, 0.1) is 17.5 Å². The first-order valence-electron chi connectivity index (χ1n) is 15.2. The second-order valence-electron chi connectivity index (χ2n) is 10.8. The van der Waals surface area contributed by atoms with E-state index in [1.165, 1.54) is 16.7 Å². The lowest BCUT2D eigenvalue weighted by atomic mass is 10.1. The average Bonchev–Trinajstić information content (AvgIpc) is 3.82. The summed E-state index contributed by atoms with van der Waals surface area (Å²) in [6, 6.07) is 27.8. The van der Waals surface area contributed by atoms with E-state index in [0.29, 0.717) is 30.5 Å². The van der Waals surface area contributed by atoms with E-state index in [0.717, 1.165) is 53.6 Å². The molecule has 2 aromatic heterocycles. The fourth-order valence-corrected chi connectivity index (χ4v) is 5.99. The van der Waals surface area contributed by atoms with Crippen molar-refractivity contribution in [2.45, 2.75) is 44.1 Å². The molecule has 0 radical (unpaired) electrons. The number of oxazole rings is 2. The summed E-state index contributed by atoms with van der Waals surface area (Å²) >= 11 is 1.10. The number of amides is 2. The van der Waals surface area contributed by atoms with Gasteiger partial charge in [-0.3, -0.25) is 14.5 Å². The highest BCUT2D eigenvalue weighted by atomic mass is 32.2. The first-order chi connectivity index (χ1) is 22.6. The Morgan fingerprint density at radius 3 is 2.00 bits per heavy atom. The smallest absolute Gasteiger partial charge is 0.289 e. The van der Waals surface area contributed by atoms with Crippen LogP contribution in [-0.4, -0.2) is 31.3 Å². The zero-order valence-corrected chi connectivity index (χ0v) is 26.0. The van der Waals surface area contributed by atoms with Crippen molar-refractivity contribution in [3.63, 3.8) is 0 Å². The number of aromatic nitrogens is 2.